The summed E-state index contributed by atoms with van der Waals surface area (Å²) in [6, 6.07) is 0. The number of terminal acetylenes is 1. The highest BCUT2D eigenvalue weighted by atomic mass is 16.7. The molecule has 0 radical (unpaired) electrons. The van der Waals surface area contributed by atoms with Crippen LogP contribution in [0.5, 0.6) is 0 Å². The molecule has 1 heterocycles. The van der Waals surface area contributed by atoms with E-state index in [9.17, 15) is 4.79 Å². The zero-order valence-electron chi connectivity index (χ0n) is 5.02. The van der Waals surface area contributed by atoms with Crippen LogP contribution in [0.3, 0.4) is 0 Å². The quantitative estimate of drug-likeness (QED) is 0.487. The van der Waals surface area contributed by atoms with Gasteiger partial charge < -0.3 is 4.84 Å². The largest absolute Gasteiger partial charge is 0.408 e. The lowest BCUT2D eigenvalue weighted by atomic mass is 10.7. The Morgan fingerprint density at radius 3 is 3.10 bits per heavy atom. The van der Waals surface area contributed by atoms with Crippen molar-refractivity contribution in [3.8, 4) is 12.3 Å². The average molecular weight is 136 g/mol. The number of carbonyl (C=O) groups excluding carboxylic acids is 1. The second kappa shape index (κ2) is 2.69. The zero-order chi connectivity index (χ0) is 7.40. The Morgan fingerprint density at radius 1 is 1.80 bits per heavy atom. The third-order valence-electron chi connectivity index (χ3n) is 0.786. The number of imidazole rings is 1. The fourth-order valence-corrected chi connectivity index (χ4v) is 0.423. The molecule has 0 aliphatic rings. The molecule has 0 amide bonds. The molecule has 0 saturated carbocycles. The Morgan fingerprint density at radius 2 is 2.60 bits per heavy atom. The van der Waals surface area contributed by atoms with Gasteiger partial charge in [0.2, 0.25) is 0 Å². The van der Waals surface area contributed by atoms with Gasteiger partial charge in [-0.2, -0.15) is 4.73 Å². The van der Waals surface area contributed by atoms with Crippen molar-refractivity contribution in [1.82, 2.24) is 9.71 Å². The standard InChI is InChI=1S/C6H4N2O2/c1-2-6(9)10-8-4-3-7-5-8/h1,3-5H. The molecule has 0 bridgehead atoms. The topological polar surface area (TPSA) is 44.1 Å². The minimum atomic E-state index is -0.738. The molecule has 1 rings (SSSR count). The average Bonchev–Trinajstić information content (AvgIpc) is 2.40. The molecule has 0 saturated heterocycles. The summed E-state index contributed by atoms with van der Waals surface area (Å²) in [5.41, 5.74) is 0. The molecule has 0 fully saturated rings. The Kier molecular flexibility index (Phi) is 1.71. The van der Waals surface area contributed by atoms with Crippen LogP contribution in [0.1, 0.15) is 0 Å². The van der Waals surface area contributed by atoms with Gasteiger partial charge in [0.15, 0.2) is 0 Å². The van der Waals surface area contributed by atoms with Crippen LogP contribution in [-0.2, 0) is 4.79 Å². The van der Waals surface area contributed by atoms with E-state index in [1.54, 1.807) is 5.92 Å². The Hall–Kier alpha value is -1.76. The molecule has 1 aromatic heterocycles. The van der Waals surface area contributed by atoms with Crippen LogP contribution in [0.4, 0.5) is 0 Å². The van der Waals surface area contributed by atoms with Crippen LogP contribution < -0.4 is 4.84 Å². The minimum Gasteiger partial charge on any atom is -0.323 e. The van der Waals surface area contributed by atoms with E-state index in [1.807, 2.05) is 0 Å². The van der Waals surface area contributed by atoms with E-state index < -0.39 is 5.97 Å². The molecule has 0 aliphatic heterocycles. The summed E-state index contributed by atoms with van der Waals surface area (Å²) in [4.78, 5) is 18.5. The van der Waals surface area contributed by atoms with Crippen LogP contribution in [-0.4, -0.2) is 15.7 Å². The first-order valence-corrected chi connectivity index (χ1v) is 2.50. The molecule has 4 nitrogen and oxygen atoms in total. The van der Waals surface area contributed by atoms with Gasteiger partial charge in [-0.1, -0.05) is 0 Å². The van der Waals surface area contributed by atoms with E-state index in [4.69, 9.17) is 6.42 Å². The van der Waals surface area contributed by atoms with Gasteiger partial charge in [-0.25, -0.2) is 9.78 Å². The summed E-state index contributed by atoms with van der Waals surface area (Å²) in [6.45, 7) is 0. The van der Waals surface area contributed by atoms with Crippen molar-refractivity contribution >= 4 is 5.97 Å². The van der Waals surface area contributed by atoms with Crippen molar-refractivity contribution in [1.29, 1.82) is 0 Å². The molecule has 0 aliphatic carbocycles. The normalized spacial score (nSPS) is 8.30. The SMILES string of the molecule is C#CC(=O)On1ccnc1. The van der Waals surface area contributed by atoms with Gasteiger partial charge in [0.05, 0.1) is 6.20 Å². The highest BCUT2D eigenvalue weighted by molar-refractivity contribution is 5.87. The van der Waals surface area contributed by atoms with Crippen molar-refractivity contribution in [2.45, 2.75) is 0 Å². The van der Waals surface area contributed by atoms with Crippen LogP contribution in [0.15, 0.2) is 18.7 Å². The zero-order valence-corrected chi connectivity index (χ0v) is 5.02. The van der Waals surface area contributed by atoms with Crippen LogP contribution >= 0.6 is 0 Å². The fraction of sp³-hybridized carbons (Fsp3) is 0. The van der Waals surface area contributed by atoms with Crippen LogP contribution in [0.25, 0.3) is 0 Å². The van der Waals surface area contributed by atoms with Gasteiger partial charge >= 0.3 is 5.97 Å². The molecule has 1 aromatic rings. The van der Waals surface area contributed by atoms with Gasteiger partial charge in [0.25, 0.3) is 0 Å². The second-order valence-electron chi connectivity index (χ2n) is 1.45. The Balaban J connectivity index is 2.59. The molecule has 0 unspecified atom stereocenters. The molecular weight excluding hydrogens is 132 g/mol. The van der Waals surface area contributed by atoms with E-state index in [-0.39, 0.29) is 0 Å². The van der Waals surface area contributed by atoms with Crippen molar-refractivity contribution in [3.63, 3.8) is 0 Å². The van der Waals surface area contributed by atoms with Gasteiger partial charge in [-0.05, 0) is 0 Å². The summed E-state index contributed by atoms with van der Waals surface area (Å²) < 4.78 is 1.13. The van der Waals surface area contributed by atoms with Crippen molar-refractivity contribution in [2.24, 2.45) is 0 Å². The summed E-state index contributed by atoms with van der Waals surface area (Å²) in [7, 11) is 0. The molecule has 0 atom stereocenters. The minimum absolute atomic E-state index is 0.738. The lowest BCUT2D eigenvalue weighted by molar-refractivity contribution is -0.137. The van der Waals surface area contributed by atoms with Crippen molar-refractivity contribution in [2.75, 3.05) is 0 Å². The molecular formula is C6H4N2O2. The summed E-state index contributed by atoms with van der Waals surface area (Å²) >= 11 is 0. The second-order valence-corrected chi connectivity index (χ2v) is 1.45. The van der Waals surface area contributed by atoms with Gasteiger partial charge in [0.1, 0.15) is 6.33 Å². The number of hydrogen-bond acceptors (Lipinski definition) is 3. The molecule has 4 heteroatoms. The van der Waals surface area contributed by atoms with E-state index in [1.165, 1.54) is 18.7 Å². The first kappa shape index (κ1) is 6.36. The number of rotatable bonds is 1. The maximum absolute atomic E-state index is 10.4. The third-order valence-corrected chi connectivity index (χ3v) is 0.786. The van der Waals surface area contributed by atoms with Gasteiger partial charge in [0, 0.05) is 12.1 Å². The lowest BCUT2D eigenvalue weighted by Crippen LogP contribution is -2.15. The fourth-order valence-electron chi connectivity index (χ4n) is 0.423. The number of aromatic nitrogens is 2. The van der Waals surface area contributed by atoms with Gasteiger partial charge in [-0.15, -0.1) is 6.42 Å². The number of hydrogen-bond donors (Lipinski definition) is 0. The Labute approximate surface area is 57.4 Å². The van der Waals surface area contributed by atoms with E-state index in [2.05, 4.69) is 9.82 Å². The first-order valence-electron chi connectivity index (χ1n) is 2.50. The van der Waals surface area contributed by atoms with E-state index in [0.29, 0.717) is 0 Å². The Bertz CT molecular complexity index is 258. The molecule has 0 N–H and O–H groups in total. The van der Waals surface area contributed by atoms with Crippen LogP contribution in [0, 0.1) is 12.3 Å². The number of nitrogens with zero attached hydrogens (tertiary/aromatic N) is 2. The predicted molar refractivity (Wildman–Crippen MR) is 32.6 cm³/mol. The lowest BCUT2D eigenvalue weighted by Gasteiger charge is -1.95. The van der Waals surface area contributed by atoms with E-state index >= 15 is 0 Å². The smallest absolute Gasteiger partial charge is 0.323 e. The van der Waals surface area contributed by atoms with Crippen LogP contribution in [0.2, 0.25) is 0 Å². The highest BCUT2D eigenvalue weighted by Crippen LogP contribution is 1.79. The summed E-state index contributed by atoms with van der Waals surface area (Å²) in [5.74, 6) is 1.06. The van der Waals surface area contributed by atoms with E-state index in [0.717, 1.165) is 4.73 Å². The molecule has 0 aromatic carbocycles. The highest BCUT2D eigenvalue weighted by Gasteiger charge is 1.95. The first-order chi connectivity index (χ1) is 4.83. The molecule has 50 valence electrons. The number of carbonyl (C=O) groups is 1. The maximum Gasteiger partial charge on any atom is 0.408 e. The third kappa shape index (κ3) is 1.36. The predicted octanol–water partition coefficient (Wildman–Crippen LogP) is -0.529. The maximum atomic E-state index is 10.4. The van der Waals surface area contributed by atoms with Crippen molar-refractivity contribution < 1.29 is 9.63 Å². The monoisotopic (exact) mass is 136 g/mol. The molecule has 0 spiro atoms. The summed E-state index contributed by atoms with van der Waals surface area (Å²) in [5, 5.41) is 0. The summed E-state index contributed by atoms with van der Waals surface area (Å²) in [6.07, 6.45) is 9.00. The van der Waals surface area contributed by atoms with Gasteiger partial charge in [-0.3, -0.25) is 0 Å². The van der Waals surface area contributed by atoms with Crippen molar-refractivity contribution in [3.05, 3.63) is 18.7 Å². The molecule has 10 heavy (non-hydrogen) atoms.